The molecule has 7 heteroatoms. The number of fused-ring (bicyclic) bond motifs is 3. The fourth-order valence-electron chi connectivity index (χ4n) is 5.75. The van der Waals surface area contributed by atoms with Crippen molar-refractivity contribution in [2.24, 2.45) is 0 Å². The molecule has 2 amide bonds. The van der Waals surface area contributed by atoms with Crippen molar-refractivity contribution in [2.75, 3.05) is 14.2 Å². The first-order chi connectivity index (χ1) is 17.4. The number of carbonyl (C=O) groups is 2. The van der Waals surface area contributed by atoms with E-state index in [0.29, 0.717) is 30.3 Å². The highest BCUT2D eigenvalue weighted by atomic mass is 16.5. The number of nitrogens with one attached hydrogen (secondary N) is 1. The molecule has 1 aliphatic carbocycles. The Bertz CT molecular complexity index is 1310. The minimum absolute atomic E-state index is 0.106. The van der Waals surface area contributed by atoms with Gasteiger partial charge in [0.25, 0.3) is 5.91 Å². The Morgan fingerprint density at radius 2 is 1.75 bits per heavy atom. The molecule has 1 atom stereocenters. The van der Waals surface area contributed by atoms with Crippen LogP contribution >= 0.6 is 0 Å². The minimum atomic E-state index is -1.08. The normalized spacial score (nSPS) is 20.3. The Kier molecular flexibility index (Phi) is 6.41. The first kappa shape index (κ1) is 24.2. The number of benzene rings is 2. The summed E-state index contributed by atoms with van der Waals surface area (Å²) in [7, 11) is 3.23. The maximum absolute atomic E-state index is 14.2. The molecule has 2 heterocycles. The molecule has 0 radical (unpaired) electrons. The highest BCUT2D eigenvalue weighted by molar-refractivity contribution is 6.06. The van der Waals surface area contributed by atoms with Crippen molar-refractivity contribution >= 4 is 22.7 Å². The number of carbonyl (C=O) groups excluding carboxylic acids is 2. The van der Waals surface area contributed by atoms with E-state index in [2.05, 4.69) is 5.32 Å². The first-order valence-corrected chi connectivity index (χ1v) is 12.8. The second-order valence-corrected chi connectivity index (χ2v) is 10.2. The van der Waals surface area contributed by atoms with E-state index in [1.807, 2.05) is 60.9 Å². The van der Waals surface area contributed by atoms with Crippen molar-refractivity contribution in [3.8, 4) is 11.5 Å². The lowest BCUT2D eigenvalue weighted by Crippen LogP contribution is -2.64. The summed E-state index contributed by atoms with van der Waals surface area (Å²) in [6.07, 6.45) is 5.42. The van der Waals surface area contributed by atoms with Gasteiger partial charge >= 0.3 is 0 Å². The average molecular weight is 490 g/mol. The molecule has 0 saturated heterocycles. The van der Waals surface area contributed by atoms with Crippen LogP contribution < -0.4 is 14.8 Å². The van der Waals surface area contributed by atoms with Gasteiger partial charge in [-0.15, -0.1) is 0 Å². The molecule has 0 unspecified atom stereocenters. The van der Waals surface area contributed by atoms with Crippen LogP contribution in [0.15, 0.2) is 42.5 Å². The van der Waals surface area contributed by atoms with Gasteiger partial charge in [0.05, 0.1) is 26.3 Å². The zero-order chi connectivity index (χ0) is 25.4. The topological polar surface area (TPSA) is 72.8 Å². The molecule has 2 aliphatic rings. The predicted octanol–water partition coefficient (Wildman–Crippen LogP) is 4.83. The second-order valence-electron chi connectivity index (χ2n) is 10.2. The van der Waals surface area contributed by atoms with Crippen LogP contribution in [0.2, 0.25) is 0 Å². The molecule has 0 spiro atoms. The van der Waals surface area contributed by atoms with Gasteiger partial charge in [0.15, 0.2) is 0 Å². The van der Waals surface area contributed by atoms with E-state index in [1.165, 1.54) is 6.42 Å². The van der Waals surface area contributed by atoms with Crippen LogP contribution in [0.3, 0.4) is 0 Å². The van der Waals surface area contributed by atoms with Crippen LogP contribution in [-0.4, -0.2) is 47.1 Å². The number of aryl methyl sites for hydroxylation is 1. The lowest BCUT2D eigenvalue weighted by atomic mass is 9.90. The summed E-state index contributed by atoms with van der Waals surface area (Å²) in [5.74, 6) is 1.03. The van der Waals surface area contributed by atoms with Gasteiger partial charge in [0, 0.05) is 18.0 Å². The van der Waals surface area contributed by atoms with E-state index >= 15 is 0 Å². The quantitative estimate of drug-likeness (QED) is 0.538. The lowest BCUT2D eigenvalue weighted by molar-refractivity contribution is -0.134. The molecule has 2 aromatic carbocycles. The second kappa shape index (κ2) is 9.52. The van der Waals surface area contributed by atoms with Gasteiger partial charge in [-0.25, -0.2) is 0 Å². The molecule has 5 rings (SSSR count). The van der Waals surface area contributed by atoms with Gasteiger partial charge in [0.2, 0.25) is 5.91 Å². The summed E-state index contributed by atoms with van der Waals surface area (Å²) in [6, 6.07) is 13.7. The zero-order valence-corrected chi connectivity index (χ0v) is 21.6. The SMILES string of the molecule is COc1ccc(OC)c2c1cc1n2C[C@](C)(C(=O)NC2CCCCC2)N(Cc2ccccc2C)C1=O. The molecule has 1 aromatic heterocycles. The molecule has 1 N–H and O–H groups in total. The Hall–Kier alpha value is -3.48. The van der Waals surface area contributed by atoms with Crippen molar-refractivity contribution in [2.45, 2.75) is 70.6 Å². The number of aromatic nitrogens is 1. The number of hydrogen-bond donors (Lipinski definition) is 1. The van der Waals surface area contributed by atoms with Crippen LogP contribution in [0.25, 0.3) is 10.9 Å². The van der Waals surface area contributed by atoms with Crippen molar-refractivity contribution < 1.29 is 19.1 Å². The van der Waals surface area contributed by atoms with E-state index < -0.39 is 5.54 Å². The van der Waals surface area contributed by atoms with Crippen molar-refractivity contribution in [3.05, 3.63) is 59.3 Å². The van der Waals surface area contributed by atoms with Crippen LogP contribution in [0.1, 0.15) is 60.6 Å². The third-order valence-corrected chi connectivity index (χ3v) is 7.97. The Labute approximate surface area is 212 Å². The van der Waals surface area contributed by atoms with Gasteiger partial charge in [0.1, 0.15) is 22.7 Å². The summed E-state index contributed by atoms with van der Waals surface area (Å²) < 4.78 is 13.2. The van der Waals surface area contributed by atoms with Crippen LogP contribution in [-0.2, 0) is 17.9 Å². The molecular formula is C29H35N3O4. The number of methoxy groups -OCH3 is 2. The van der Waals surface area contributed by atoms with Crippen LogP contribution in [0.4, 0.5) is 0 Å². The molecule has 1 aliphatic heterocycles. The van der Waals surface area contributed by atoms with Crippen LogP contribution in [0, 0.1) is 6.92 Å². The Morgan fingerprint density at radius 1 is 1.06 bits per heavy atom. The monoisotopic (exact) mass is 489 g/mol. The lowest BCUT2D eigenvalue weighted by Gasteiger charge is -2.45. The van der Waals surface area contributed by atoms with Crippen molar-refractivity contribution in [1.29, 1.82) is 0 Å². The summed E-state index contributed by atoms with van der Waals surface area (Å²) >= 11 is 0. The van der Waals surface area contributed by atoms with Gasteiger partial charge in [-0.2, -0.15) is 0 Å². The summed E-state index contributed by atoms with van der Waals surface area (Å²) in [5.41, 5.74) is 2.35. The third-order valence-electron chi connectivity index (χ3n) is 7.97. The molecule has 3 aromatic rings. The maximum atomic E-state index is 14.2. The summed E-state index contributed by atoms with van der Waals surface area (Å²) in [6.45, 7) is 4.61. The standard InChI is InChI=1S/C29H35N3O4/c1-19-10-8-9-11-20(19)17-32-27(33)23-16-22-24(35-3)14-15-25(36-4)26(22)31(23)18-29(32,2)28(34)30-21-12-6-5-7-13-21/h8-11,14-16,21H,5-7,12-13,17-18H2,1-4H3,(H,30,34)/t29-/m1/s1. The third kappa shape index (κ3) is 4.00. The average Bonchev–Trinajstić information content (AvgIpc) is 3.27. The highest BCUT2D eigenvalue weighted by Gasteiger charge is 2.48. The minimum Gasteiger partial charge on any atom is -0.496 e. The van der Waals surface area contributed by atoms with Gasteiger partial charge in [-0.3, -0.25) is 9.59 Å². The van der Waals surface area contributed by atoms with E-state index in [4.69, 9.17) is 9.47 Å². The number of hydrogen-bond acceptors (Lipinski definition) is 4. The Balaban J connectivity index is 1.63. The Morgan fingerprint density at radius 3 is 2.44 bits per heavy atom. The smallest absolute Gasteiger partial charge is 0.271 e. The first-order valence-electron chi connectivity index (χ1n) is 12.8. The zero-order valence-electron chi connectivity index (χ0n) is 21.6. The van der Waals surface area contributed by atoms with Crippen LogP contribution in [0.5, 0.6) is 11.5 Å². The number of rotatable bonds is 6. The fraction of sp³-hybridized carbons (Fsp3) is 0.448. The fourth-order valence-corrected chi connectivity index (χ4v) is 5.75. The highest BCUT2D eigenvalue weighted by Crippen LogP contribution is 2.40. The van der Waals surface area contributed by atoms with Gasteiger partial charge in [-0.05, 0) is 56.0 Å². The molecule has 1 fully saturated rings. The number of nitrogens with zero attached hydrogens (tertiary/aromatic N) is 2. The summed E-state index contributed by atoms with van der Waals surface area (Å²) in [4.78, 5) is 29.9. The molecule has 7 nitrogen and oxygen atoms in total. The largest absolute Gasteiger partial charge is 0.496 e. The molecule has 0 bridgehead atoms. The van der Waals surface area contributed by atoms with Gasteiger partial charge in [-0.1, -0.05) is 43.5 Å². The molecule has 36 heavy (non-hydrogen) atoms. The number of amides is 2. The van der Waals surface area contributed by atoms with Crippen molar-refractivity contribution in [1.82, 2.24) is 14.8 Å². The molecular weight excluding hydrogens is 454 g/mol. The van der Waals surface area contributed by atoms with E-state index in [1.54, 1.807) is 19.1 Å². The maximum Gasteiger partial charge on any atom is 0.271 e. The summed E-state index contributed by atoms with van der Waals surface area (Å²) in [5, 5.41) is 4.10. The van der Waals surface area contributed by atoms with Crippen molar-refractivity contribution in [3.63, 3.8) is 0 Å². The van der Waals surface area contributed by atoms with Gasteiger partial charge < -0.3 is 24.3 Å². The predicted molar refractivity (Wildman–Crippen MR) is 140 cm³/mol. The van der Waals surface area contributed by atoms with E-state index in [0.717, 1.165) is 47.7 Å². The van der Waals surface area contributed by atoms with E-state index in [-0.39, 0.29) is 17.9 Å². The molecule has 190 valence electrons. The van der Waals surface area contributed by atoms with E-state index in [9.17, 15) is 9.59 Å². The molecule has 1 saturated carbocycles. The number of ether oxygens (including phenoxy) is 2.